The van der Waals surface area contributed by atoms with Crippen molar-refractivity contribution in [3.63, 3.8) is 0 Å². The van der Waals surface area contributed by atoms with Gasteiger partial charge < -0.3 is 16.9 Å². The van der Waals surface area contributed by atoms with E-state index in [2.05, 4.69) is 51.2 Å². The zero-order valence-corrected chi connectivity index (χ0v) is 21.4. The number of quaternary nitrogens is 1. The SMILES string of the molecule is CCCCCCCCCC[N+](C)(CCCCCCCCCC)Cc1ccccc1.[Cl-]. The van der Waals surface area contributed by atoms with Gasteiger partial charge >= 0.3 is 0 Å². The fourth-order valence-corrected chi connectivity index (χ4v) is 4.55. The van der Waals surface area contributed by atoms with Gasteiger partial charge in [0.05, 0.1) is 20.1 Å². The van der Waals surface area contributed by atoms with E-state index in [4.69, 9.17) is 0 Å². The van der Waals surface area contributed by atoms with Crippen molar-refractivity contribution in [1.29, 1.82) is 0 Å². The van der Waals surface area contributed by atoms with Crippen molar-refractivity contribution in [3.8, 4) is 0 Å². The molecular formula is C28H52ClN. The molecule has 0 N–H and O–H groups in total. The molecular weight excluding hydrogens is 386 g/mol. The van der Waals surface area contributed by atoms with Gasteiger partial charge in [-0.2, -0.15) is 0 Å². The summed E-state index contributed by atoms with van der Waals surface area (Å²) < 4.78 is 1.23. The Morgan fingerprint density at radius 1 is 0.533 bits per heavy atom. The summed E-state index contributed by atoms with van der Waals surface area (Å²) in [7, 11) is 2.51. The lowest BCUT2D eigenvalue weighted by Gasteiger charge is -2.35. The monoisotopic (exact) mass is 437 g/mol. The van der Waals surface area contributed by atoms with Gasteiger partial charge in [0, 0.05) is 5.56 Å². The van der Waals surface area contributed by atoms with Crippen molar-refractivity contribution in [3.05, 3.63) is 35.9 Å². The van der Waals surface area contributed by atoms with E-state index in [1.54, 1.807) is 0 Å². The Morgan fingerprint density at radius 2 is 0.900 bits per heavy atom. The average molecular weight is 438 g/mol. The van der Waals surface area contributed by atoms with Gasteiger partial charge in [-0.25, -0.2) is 0 Å². The number of hydrogen-bond acceptors (Lipinski definition) is 0. The second-order valence-electron chi connectivity index (χ2n) is 9.66. The predicted molar refractivity (Wildman–Crippen MR) is 131 cm³/mol. The molecule has 30 heavy (non-hydrogen) atoms. The van der Waals surface area contributed by atoms with Crippen LogP contribution in [0.5, 0.6) is 0 Å². The van der Waals surface area contributed by atoms with E-state index < -0.39 is 0 Å². The molecule has 0 amide bonds. The third-order valence-corrected chi connectivity index (χ3v) is 6.51. The maximum atomic E-state index is 2.51. The van der Waals surface area contributed by atoms with Crippen LogP contribution in [-0.4, -0.2) is 24.6 Å². The molecule has 1 aromatic rings. The molecule has 0 fully saturated rings. The molecule has 0 bridgehead atoms. The maximum Gasteiger partial charge on any atom is 0.104 e. The van der Waals surface area contributed by atoms with Crippen molar-refractivity contribution in [2.45, 2.75) is 123 Å². The summed E-state index contributed by atoms with van der Waals surface area (Å²) in [5.74, 6) is 0. The Morgan fingerprint density at radius 3 is 1.30 bits per heavy atom. The second kappa shape index (κ2) is 20.4. The number of halogens is 1. The van der Waals surface area contributed by atoms with Crippen LogP contribution in [0.3, 0.4) is 0 Å². The Bertz CT molecular complexity index is 439. The van der Waals surface area contributed by atoms with Crippen LogP contribution in [0.4, 0.5) is 0 Å². The van der Waals surface area contributed by atoms with E-state index >= 15 is 0 Å². The Balaban J connectivity index is 0.00000841. The minimum Gasteiger partial charge on any atom is -1.00 e. The lowest BCUT2D eigenvalue weighted by Crippen LogP contribution is -3.00. The summed E-state index contributed by atoms with van der Waals surface area (Å²) in [5.41, 5.74) is 1.51. The van der Waals surface area contributed by atoms with Gasteiger partial charge in [0.1, 0.15) is 6.54 Å². The highest BCUT2D eigenvalue weighted by molar-refractivity contribution is 5.13. The molecule has 0 radical (unpaired) electrons. The van der Waals surface area contributed by atoms with Crippen molar-refractivity contribution < 1.29 is 16.9 Å². The topological polar surface area (TPSA) is 0 Å². The minimum atomic E-state index is 0. The van der Waals surface area contributed by atoms with Crippen molar-refractivity contribution in [2.75, 3.05) is 20.1 Å². The van der Waals surface area contributed by atoms with Crippen LogP contribution in [0, 0.1) is 0 Å². The Labute approximate surface area is 196 Å². The van der Waals surface area contributed by atoms with Gasteiger partial charge in [-0.3, -0.25) is 0 Å². The molecule has 0 spiro atoms. The Kier molecular flexibility index (Phi) is 20.0. The molecule has 0 aliphatic rings. The quantitative estimate of drug-likeness (QED) is 0.175. The van der Waals surface area contributed by atoms with Gasteiger partial charge in [0.15, 0.2) is 0 Å². The summed E-state index contributed by atoms with van der Waals surface area (Å²) >= 11 is 0. The molecule has 0 saturated heterocycles. The molecule has 2 heteroatoms. The van der Waals surface area contributed by atoms with Gasteiger partial charge in [-0.15, -0.1) is 0 Å². The molecule has 1 nitrogen and oxygen atoms in total. The first-order valence-corrected chi connectivity index (χ1v) is 13.1. The lowest BCUT2D eigenvalue weighted by atomic mass is 10.1. The van der Waals surface area contributed by atoms with Gasteiger partial charge in [-0.1, -0.05) is 121 Å². The van der Waals surface area contributed by atoms with Crippen LogP contribution in [0.2, 0.25) is 0 Å². The first kappa shape index (κ1) is 29.5. The fraction of sp³-hybridized carbons (Fsp3) is 0.786. The van der Waals surface area contributed by atoms with Crippen LogP contribution in [0.1, 0.15) is 122 Å². The summed E-state index contributed by atoms with van der Waals surface area (Å²) in [6, 6.07) is 11.2. The number of benzene rings is 1. The first-order valence-electron chi connectivity index (χ1n) is 13.1. The Hall–Kier alpha value is -0.530. The van der Waals surface area contributed by atoms with Gasteiger partial charge in [0.2, 0.25) is 0 Å². The molecule has 0 aliphatic heterocycles. The maximum absolute atomic E-state index is 2.51. The lowest BCUT2D eigenvalue weighted by molar-refractivity contribution is -0.923. The van der Waals surface area contributed by atoms with E-state index in [0.717, 1.165) is 0 Å². The van der Waals surface area contributed by atoms with Crippen molar-refractivity contribution in [1.82, 2.24) is 0 Å². The van der Waals surface area contributed by atoms with E-state index in [0.29, 0.717) is 0 Å². The number of nitrogens with zero attached hydrogens (tertiary/aromatic N) is 1. The smallest absolute Gasteiger partial charge is 0.104 e. The van der Waals surface area contributed by atoms with Crippen molar-refractivity contribution >= 4 is 0 Å². The number of unbranched alkanes of at least 4 members (excludes halogenated alkanes) is 14. The van der Waals surface area contributed by atoms with Gasteiger partial charge in [-0.05, 0) is 25.7 Å². The van der Waals surface area contributed by atoms with Crippen LogP contribution >= 0.6 is 0 Å². The zero-order valence-electron chi connectivity index (χ0n) is 20.6. The third-order valence-electron chi connectivity index (χ3n) is 6.51. The molecule has 0 aromatic heterocycles. The second-order valence-corrected chi connectivity index (χ2v) is 9.66. The van der Waals surface area contributed by atoms with E-state index in [9.17, 15) is 0 Å². The van der Waals surface area contributed by atoms with Gasteiger partial charge in [0.25, 0.3) is 0 Å². The molecule has 0 unspecified atom stereocenters. The molecule has 0 saturated carbocycles. The van der Waals surface area contributed by atoms with Crippen LogP contribution < -0.4 is 12.4 Å². The highest BCUT2D eigenvalue weighted by Crippen LogP contribution is 2.18. The summed E-state index contributed by atoms with van der Waals surface area (Å²) in [6.07, 6.45) is 22.7. The number of rotatable bonds is 20. The average Bonchev–Trinajstić information content (AvgIpc) is 2.73. The minimum absolute atomic E-state index is 0. The summed E-state index contributed by atoms with van der Waals surface area (Å²) in [4.78, 5) is 0. The fourth-order valence-electron chi connectivity index (χ4n) is 4.55. The molecule has 0 heterocycles. The van der Waals surface area contributed by atoms with E-state index in [-0.39, 0.29) is 12.4 Å². The molecule has 0 aliphatic carbocycles. The van der Waals surface area contributed by atoms with Crippen molar-refractivity contribution in [2.24, 2.45) is 0 Å². The molecule has 176 valence electrons. The predicted octanol–water partition coefficient (Wildman–Crippen LogP) is 5.92. The molecule has 0 atom stereocenters. The summed E-state index contributed by atoms with van der Waals surface area (Å²) in [6.45, 7) is 8.50. The zero-order chi connectivity index (χ0) is 21.0. The van der Waals surface area contributed by atoms with Crippen LogP contribution in [0.15, 0.2) is 30.3 Å². The van der Waals surface area contributed by atoms with Crippen LogP contribution in [-0.2, 0) is 6.54 Å². The number of hydrogen-bond donors (Lipinski definition) is 0. The van der Waals surface area contributed by atoms with E-state index in [1.807, 2.05) is 0 Å². The highest BCUT2D eigenvalue weighted by atomic mass is 35.5. The summed E-state index contributed by atoms with van der Waals surface area (Å²) in [5, 5.41) is 0. The standard InChI is InChI=1S/C28H52N.ClH/c1-4-6-8-10-12-14-16-21-25-29(3,27-28-23-19-18-20-24-28)26-22-17-15-13-11-9-7-5-2;/h18-20,23-24H,4-17,21-22,25-27H2,1-3H3;1H/q+1;/p-1. The third kappa shape index (κ3) is 16.2. The molecule has 1 aromatic carbocycles. The molecule has 1 rings (SSSR count). The van der Waals surface area contributed by atoms with Crippen LogP contribution in [0.25, 0.3) is 0 Å². The van der Waals surface area contributed by atoms with E-state index in [1.165, 1.54) is 132 Å². The largest absolute Gasteiger partial charge is 1.00 e. The first-order chi connectivity index (χ1) is 14.2. The normalized spacial score (nSPS) is 11.4. The highest BCUT2D eigenvalue weighted by Gasteiger charge is 2.21.